The quantitative estimate of drug-likeness (QED) is 0.703. The Bertz CT molecular complexity index is 837. The third-order valence-electron chi connectivity index (χ3n) is 3.67. The third-order valence-corrected chi connectivity index (χ3v) is 4.72. The lowest BCUT2D eigenvalue weighted by molar-refractivity contribution is 0.221. The Morgan fingerprint density at radius 2 is 2.08 bits per heavy atom. The zero-order valence-corrected chi connectivity index (χ0v) is 14.0. The second kappa shape index (κ2) is 6.52. The van der Waals surface area contributed by atoms with E-state index in [0.29, 0.717) is 16.7 Å². The Hall–Kier alpha value is -2.54. The average Bonchev–Trinajstić information content (AvgIpc) is 3.09. The van der Waals surface area contributed by atoms with Crippen molar-refractivity contribution in [3.8, 4) is 17.1 Å². The van der Waals surface area contributed by atoms with Crippen LogP contribution in [-0.4, -0.2) is 25.9 Å². The summed E-state index contributed by atoms with van der Waals surface area (Å²) in [4.78, 5) is 7.77. The van der Waals surface area contributed by atoms with Gasteiger partial charge in [0.1, 0.15) is 0 Å². The minimum Gasteiger partial charge on any atom is -0.446 e. The van der Waals surface area contributed by atoms with Crippen molar-refractivity contribution in [3.05, 3.63) is 48.3 Å². The normalized spacial score (nSPS) is 15.6. The number of hydrogen-bond donors (Lipinski definition) is 2. The number of ether oxygens (including phenoxy) is 1. The fraction of sp³-hybridized carbons (Fsp3) is 0.235. The third kappa shape index (κ3) is 2.82. The van der Waals surface area contributed by atoms with Crippen molar-refractivity contribution < 1.29 is 4.74 Å². The van der Waals surface area contributed by atoms with E-state index >= 15 is 0 Å². The number of hydrogen-bond acceptors (Lipinski definition) is 6. The topological polar surface area (TPSA) is 75.7 Å². The fourth-order valence-electron chi connectivity index (χ4n) is 2.55. The number of para-hydroxylation sites is 1. The number of benzene rings is 1. The summed E-state index contributed by atoms with van der Waals surface area (Å²) in [6, 6.07) is 11.9. The van der Waals surface area contributed by atoms with Crippen LogP contribution in [0, 0.1) is 0 Å². The maximum absolute atomic E-state index is 6.14. The second-order valence-corrected chi connectivity index (χ2v) is 6.47. The summed E-state index contributed by atoms with van der Waals surface area (Å²) in [5, 5.41) is 12.7. The van der Waals surface area contributed by atoms with Crippen molar-refractivity contribution in [1.82, 2.24) is 20.2 Å². The van der Waals surface area contributed by atoms with Gasteiger partial charge in [-0.05, 0) is 24.6 Å². The molecule has 1 aliphatic heterocycles. The van der Waals surface area contributed by atoms with Gasteiger partial charge in [0.2, 0.25) is 17.3 Å². The van der Waals surface area contributed by atoms with E-state index in [1.54, 1.807) is 11.8 Å². The number of rotatable bonds is 4. The lowest BCUT2D eigenvalue weighted by Gasteiger charge is -2.17. The summed E-state index contributed by atoms with van der Waals surface area (Å²) in [7, 11) is 0. The molecular weight excluding hydrogens is 322 g/mol. The van der Waals surface area contributed by atoms with Gasteiger partial charge in [-0.2, -0.15) is 4.98 Å². The first-order chi connectivity index (χ1) is 11.8. The molecule has 0 fully saturated rings. The molecule has 0 saturated heterocycles. The monoisotopic (exact) mass is 339 g/mol. The van der Waals surface area contributed by atoms with Crippen LogP contribution < -0.4 is 10.1 Å². The molecule has 2 N–H and O–H groups in total. The minimum atomic E-state index is -0.358. The number of anilines is 1. The molecule has 0 saturated carbocycles. The van der Waals surface area contributed by atoms with Crippen LogP contribution in [0.5, 0.6) is 5.88 Å². The van der Waals surface area contributed by atoms with Crippen molar-refractivity contribution in [2.75, 3.05) is 11.1 Å². The van der Waals surface area contributed by atoms with Gasteiger partial charge in [-0.25, -0.2) is 0 Å². The minimum absolute atomic E-state index is 0.358. The molecule has 3 heterocycles. The maximum Gasteiger partial charge on any atom is 0.247 e. The first-order valence-electron chi connectivity index (χ1n) is 7.88. The van der Waals surface area contributed by atoms with Crippen molar-refractivity contribution in [3.63, 3.8) is 0 Å². The number of fused-ring (bicyclic) bond motifs is 3. The van der Waals surface area contributed by atoms with Gasteiger partial charge < -0.3 is 15.0 Å². The van der Waals surface area contributed by atoms with E-state index in [1.807, 2.05) is 42.6 Å². The molecule has 1 aliphatic rings. The number of thioether (sulfide) groups is 1. The Morgan fingerprint density at radius 3 is 2.92 bits per heavy atom. The lowest BCUT2D eigenvalue weighted by Crippen LogP contribution is -2.17. The molecule has 0 bridgehead atoms. The largest absolute Gasteiger partial charge is 0.446 e. The Kier molecular flexibility index (Phi) is 4.08. The van der Waals surface area contributed by atoms with Crippen molar-refractivity contribution in [1.29, 1.82) is 0 Å². The fourth-order valence-corrected chi connectivity index (χ4v) is 3.18. The van der Waals surface area contributed by atoms with Gasteiger partial charge in [0, 0.05) is 23.2 Å². The molecule has 0 spiro atoms. The molecule has 1 aromatic carbocycles. The van der Waals surface area contributed by atoms with E-state index in [2.05, 4.69) is 32.4 Å². The first-order valence-corrected chi connectivity index (χ1v) is 8.87. The number of H-pyrrole nitrogens is 1. The molecule has 2 aromatic heterocycles. The summed E-state index contributed by atoms with van der Waals surface area (Å²) in [6.45, 7) is 2.13. The number of nitrogens with one attached hydrogen (secondary N) is 2. The molecule has 0 unspecified atom stereocenters. The van der Waals surface area contributed by atoms with E-state index < -0.39 is 0 Å². The van der Waals surface area contributed by atoms with E-state index in [-0.39, 0.29) is 6.23 Å². The summed E-state index contributed by atoms with van der Waals surface area (Å²) in [6.07, 6.45) is 2.57. The Balaban J connectivity index is 1.79. The van der Waals surface area contributed by atoms with E-state index in [0.717, 1.165) is 29.1 Å². The zero-order valence-electron chi connectivity index (χ0n) is 13.2. The second-order valence-electron chi connectivity index (χ2n) is 5.41. The lowest BCUT2D eigenvalue weighted by atomic mass is 10.1. The predicted octanol–water partition coefficient (Wildman–Crippen LogP) is 3.87. The van der Waals surface area contributed by atoms with Gasteiger partial charge in [0.25, 0.3) is 0 Å². The predicted molar refractivity (Wildman–Crippen MR) is 94.1 cm³/mol. The summed E-state index contributed by atoms with van der Waals surface area (Å²) >= 11 is 1.59. The summed E-state index contributed by atoms with van der Waals surface area (Å²) in [5.74, 6) is 1.45. The molecule has 7 heteroatoms. The first kappa shape index (κ1) is 15.0. The van der Waals surface area contributed by atoms with Crippen LogP contribution >= 0.6 is 11.8 Å². The molecule has 6 nitrogen and oxygen atoms in total. The highest BCUT2D eigenvalue weighted by molar-refractivity contribution is 7.99. The molecule has 3 aromatic rings. The molecular formula is C17H17N5OS. The van der Waals surface area contributed by atoms with Crippen LogP contribution in [0.3, 0.4) is 0 Å². The Morgan fingerprint density at radius 1 is 1.17 bits per heavy atom. The highest BCUT2D eigenvalue weighted by Gasteiger charge is 2.26. The van der Waals surface area contributed by atoms with Crippen LogP contribution in [-0.2, 0) is 0 Å². The van der Waals surface area contributed by atoms with Crippen molar-refractivity contribution in [2.24, 2.45) is 0 Å². The average molecular weight is 339 g/mol. The maximum atomic E-state index is 6.14. The smallest absolute Gasteiger partial charge is 0.247 e. The molecule has 4 rings (SSSR count). The van der Waals surface area contributed by atoms with Crippen LogP contribution in [0.2, 0.25) is 0 Å². The van der Waals surface area contributed by atoms with Gasteiger partial charge in [0.05, 0.1) is 5.69 Å². The SMILES string of the molecule is CCCSc1nnc2c(n1)O[C@@H](c1ccc[nH]1)Nc1ccccc1-2. The molecule has 24 heavy (non-hydrogen) atoms. The zero-order chi connectivity index (χ0) is 16.4. The van der Waals surface area contributed by atoms with Gasteiger partial charge in [-0.1, -0.05) is 36.9 Å². The molecule has 122 valence electrons. The standard InChI is InChI=1S/C17H17N5OS/c1-2-10-24-17-20-16-14(21-22-17)11-6-3-4-7-12(11)19-15(23-16)13-8-5-9-18-13/h3-9,15,18-19H,2,10H2,1H3/t15-/m0/s1. The highest BCUT2D eigenvalue weighted by Crippen LogP contribution is 2.39. The van der Waals surface area contributed by atoms with Gasteiger partial charge in [0.15, 0.2) is 5.69 Å². The number of aromatic amines is 1. The molecule has 0 aliphatic carbocycles. The van der Waals surface area contributed by atoms with Crippen LogP contribution in [0.1, 0.15) is 25.3 Å². The summed E-state index contributed by atoms with van der Waals surface area (Å²) in [5.41, 5.74) is 3.47. The van der Waals surface area contributed by atoms with E-state index in [1.165, 1.54) is 0 Å². The van der Waals surface area contributed by atoms with Crippen molar-refractivity contribution >= 4 is 17.4 Å². The van der Waals surface area contributed by atoms with Crippen LogP contribution in [0.4, 0.5) is 5.69 Å². The van der Waals surface area contributed by atoms with Crippen LogP contribution in [0.25, 0.3) is 11.3 Å². The van der Waals surface area contributed by atoms with Crippen LogP contribution in [0.15, 0.2) is 47.8 Å². The molecule has 0 amide bonds. The highest BCUT2D eigenvalue weighted by atomic mass is 32.2. The number of aromatic nitrogens is 4. The van der Waals surface area contributed by atoms with Crippen molar-refractivity contribution in [2.45, 2.75) is 24.7 Å². The van der Waals surface area contributed by atoms with Gasteiger partial charge in [-0.15, -0.1) is 10.2 Å². The van der Waals surface area contributed by atoms with Gasteiger partial charge in [-0.3, -0.25) is 0 Å². The van der Waals surface area contributed by atoms with E-state index in [9.17, 15) is 0 Å². The summed E-state index contributed by atoms with van der Waals surface area (Å²) < 4.78 is 6.14. The molecule has 0 radical (unpaired) electrons. The Labute approximate surface area is 144 Å². The van der Waals surface area contributed by atoms with E-state index in [4.69, 9.17) is 4.74 Å². The molecule has 1 atom stereocenters. The van der Waals surface area contributed by atoms with Gasteiger partial charge >= 0.3 is 0 Å². The number of nitrogens with zero attached hydrogens (tertiary/aromatic N) is 3.